The molecule has 1 aromatic carbocycles. The van der Waals surface area contributed by atoms with E-state index in [0.29, 0.717) is 23.7 Å². The summed E-state index contributed by atoms with van der Waals surface area (Å²) in [5.41, 5.74) is 0.298. The highest BCUT2D eigenvalue weighted by atomic mass is 32.2. The Bertz CT molecular complexity index is 677. The van der Waals surface area contributed by atoms with Crippen molar-refractivity contribution in [2.45, 2.75) is 13.0 Å². The van der Waals surface area contributed by atoms with Crippen LogP contribution in [-0.4, -0.2) is 57.8 Å². The first-order chi connectivity index (χ1) is 11.5. The average Bonchev–Trinajstić information content (AvgIpc) is 3.08. The molecule has 7 nitrogen and oxygen atoms in total. The Labute approximate surface area is 144 Å². The van der Waals surface area contributed by atoms with E-state index in [1.54, 1.807) is 30.1 Å². The molecule has 0 unspecified atom stereocenters. The predicted molar refractivity (Wildman–Crippen MR) is 93.4 cm³/mol. The van der Waals surface area contributed by atoms with Gasteiger partial charge < -0.3 is 9.80 Å². The maximum absolute atomic E-state index is 12.4. The number of rotatable bonds is 5. The zero-order valence-corrected chi connectivity index (χ0v) is 14.4. The van der Waals surface area contributed by atoms with E-state index in [0.717, 1.165) is 0 Å². The fourth-order valence-corrected chi connectivity index (χ4v) is 3.48. The summed E-state index contributed by atoms with van der Waals surface area (Å²) in [6.07, 6.45) is 2.72. The molecule has 0 aromatic heterocycles. The van der Waals surface area contributed by atoms with Crippen LogP contribution in [0.25, 0.3) is 6.08 Å². The molecule has 1 aliphatic heterocycles. The van der Waals surface area contributed by atoms with Crippen LogP contribution in [0.4, 0.5) is 5.69 Å². The molecule has 0 spiro atoms. The van der Waals surface area contributed by atoms with Crippen LogP contribution in [0.5, 0.6) is 0 Å². The van der Waals surface area contributed by atoms with Crippen LogP contribution in [0.2, 0.25) is 0 Å². The van der Waals surface area contributed by atoms with Crippen molar-refractivity contribution in [3.05, 3.63) is 46.0 Å². The van der Waals surface area contributed by atoms with Crippen LogP contribution < -0.4 is 0 Å². The number of hydrogen-bond acceptors (Lipinski definition) is 5. The number of para-hydroxylation sites is 1. The number of nitrogens with zero attached hydrogens (tertiary/aromatic N) is 3. The van der Waals surface area contributed by atoms with Crippen molar-refractivity contribution in [2.75, 3.05) is 25.2 Å². The molecule has 1 fully saturated rings. The maximum atomic E-state index is 12.4. The number of hydrogen-bond donors (Lipinski definition) is 0. The summed E-state index contributed by atoms with van der Waals surface area (Å²) < 4.78 is 0. The Morgan fingerprint density at radius 2 is 2.17 bits per heavy atom. The second kappa shape index (κ2) is 7.96. The molecule has 2 amide bonds. The lowest BCUT2D eigenvalue weighted by Gasteiger charge is -2.25. The lowest BCUT2D eigenvalue weighted by atomic mass is 10.1. The van der Waals surface area contributed by atoms with Gasteiger partial charge in [-0.25, -0.2) is 0 Å². The van der Waals surface area contributed by atoms with Gasteiger partial charge in [0, 0.05) is 31.5 Å². The first kappa shape index (κ1) is 18.0. The largest absolute Gasteiger partial charge is 0.344 e. The van der Waals surface area contributed by atoms with Gasteiger partial charge in [0.05, 0.1) is 16.4 Å². The topological polar surface area (TPSA) is 83.8 Å². The number of likely N-dealkylation sites (N-methyl/N-ethyl adjacent to an activating group) is 1. The Morgan fingerprint density at radius 1 is 1.46 bits per heavy atom. The normalized spacial score (nSPS) is 17.2. The first-order valence-electron chi connectivity index (χ1n) is 7.50. The SMILES string of the molecule is CCN(C)C(=O)[C@@H]1CSCN1C(=O)/C=C\c1ccccc1[N+](=O)[O-]. The highest BCUT2D eigenvalue weighted by Gasteiger charge is 2.35. The summed E-state index contributed by atoms with van der Waals surface area (Å²) in [6, 6.07) is 5.73. The lowest BCUT2D eigenvalue weighted by molar-refractivity contribution is -0.385. The minimum atomic E-state index is -0.488. The van der Waals surface area contributed by atoms with E-state index in [2.05, 4.69) is 0 Å². The molecule has 24 heavy (non-hydrogen) atoms. The first-order valence-corrected chi connectivity index (χ1v) is 8.66. The number of carbonyl (C=O) groups is 2. The van der Waals surface area contributed by atoms with Gasteiger partial charge >= 0.3 is 0 Å². The highest BCUT2D eigenvalue weighted by Crippen LogP contribution is 2.24. The summed E-state index contributed by atoms with van der Waals surface area (Å²) in [5, 5.41) is 11.0. The molecule has 1 aliphatic rings. The summed E-state index contributed by atoms with van der Waals surface area (Å²) in [5.74, 6) is 0.596. The molecule has 2 rings (SSSR count). The number of carbonyl (C=O) groups excluding carboxylic acids is 2. The third-order valence-corrected chi connectivity index (χ3v) is 4.85. The van der Waals surface area contributed by atoms with Crippen LogP contribution in [0, 0.1) is 10.1 Å². The molecule has 128 valence electrons. The molecule has 1 aromatic rings. The molecule has 1 saturated heterocycles. The Morgan fingerprint density at radius 3 is 2.83 bits per heavy atom. The molecule has 1 atom stereocenters. The Kier molecular flexibility index (Phi) is 5.97. The van der Waals surface area contributed by atoms with Crippen molar-refractivity contribution in [1.82, 2.24) is 9.80 Å². The number of nitro benzene ring substituents is 1. The minimum absolute atomic E-state index is 0.0595. The van der Waals surface area contributed by atoms with Crippen molar-refractivity contribution in [2.24, 2.45) is 0 Å². The molecule has 0 radical (unpaired) electrons. The summed E-state index contributed by atoms with van der Waals surface area (Å²) >= 11 is 1.52. The smallest absolute Gasteiger partial charge is 0.276 e. The second-order valence-corrected chi connectivity index (χ2v) is 6.33. The van der Waals surface area contributed by atoms with E-state index >= 15 is 0 Å². The minimum Gasteiger partial charge on any atom is -0.344 e. The molecule has 8 heteroatoms. The van der Waals surface area contributed by atoms with E-state index in [1.165, 1.54) is 34.9 Å². The fraction of sp³-hybridized carbons (Fsp3) is 0.375. The van der Waals surface area contributed by atoms with Crippen LogP contribution in [0.15, 0.2) is 30.3 Å². The van der Waals surface area contributed by atoms with E-state index in [-0.39, 0.29) is 17.5 Å². The molecule has 0 saturated carbocycles. The molecular formula is C16H19N3O4S. The van der Waals surface area contributed by atoms with Gasteiger partial charge in [-0.1, -0.05) is 12.1 Å². The number of amides is 2. The van der Waals surface area contributed by atoms with Crippen molar-refractivity contribution in [1.29, 1.82) is 0 Å². The fourth-order valence-electron chi connectivity index (χ4n) is 2.33. The molecule has 0 bridgehead atoms. The van der Waals surface area contributed by atoms with Gasteiger partial charge in [-0.3, -0.25) is 19.7 Å². The summed E-state index contributed by atoms with van der Waals surface area (Å²) in [7, 11) is 1.71. The number of nitro groups is 1. The Balaban J connectivity index is 2.14. The van der Waals surface area contributed by atoms with Crippen molar-refractivity contribution < 1.29 is 14.5 Å². The quantitative estimate of drug-likeness (QED) is 0.461. The van der Waals surface area contributed by atoms with Gasteiger partial charge in [0.25, 0.3) is 5.69 Å². The molecule has 1 heterocycles. The van der Waals surface area contributed by atoms with Crippen molar-refractivity contribution >= 4 is 35.3 Å². The monoisotopic (exact) mass is 349 g/mol. The third-order valence-electron chi connectivity index (χ3n) is 3.84. The van der Waals surface area contributed by atoms with E-state index in [9.17, 15) is 19.7 Å². The molecule has 0 aliphatic carbocycles. The number of benzene rings is 1. The predicted octanol–water partition coefficient (Wildman–Crippen LogP) is 1.99. The van der Waals surface area contributed by atoms with Crippen LogP contribution in [0.1, 0.15) is 12.5 Å². The van der Waals surface area contributed by atoms with Gasteiger partial charge in [0.2, 0.25) is 11.8 Å². The second-order valence-electron chi connectivity index (χ2n) is 5.33. The van der Waals surface area contributed by atoms with E-state index < -0.39 is 11.0 Å². The van der Waals surface area contributed by atoms with Gasteiger partial charge in [0.1, 0.15) is 6.04 Å². The third kappa shape index (κ3) is 3.94. The molecule has 0 N–H and O–H groups in total. The van der Waals surface area contributed by atoms with Gasteiger partial charge in [0.15, 0.2) is 0 Å². The highest BCUT2D eigenvalue weighted by molar-refractivity contribution is 7.99. The zero-order valence-electron chi connectivity index (χ0n) is 13.5. The van der Waals surface area contributed by atoms with E-state index in [4.69, 9.17) is 0 Å². The lowest BCUT2D eigenvalue weighted by Crippen LogP contribution is -2.47. The summed E-state index contributed by atoms with van der Waals surface area (Å²) in [6.45, 7) is 2.45. The van der Waals surface area contributed by atoms with Crippen molar-refractivity contribution in [3.63, 3.8) is 0 Å². The van der Waals surface area contributed by atoms with Crippen LogP contribution in [0.3, 0.4) is 0 Å². The average molecular weight is 349 g/mol. The number of thioether (sulfide) groups is 1. The maximum Gasteiger partial charge on any atom is 0.276 e. The van der Waals surface area contributed by atoms with E-state index in [1.807, 2.05) is 6.92 Å². The summed E-state index contributed by atoms with van der Waals surface area (Å²) in [4.78, 5) is 38.3. The van der Waals surface area contributed by atoms with Crippen LogP contribution in [-0.2, 0) is 9.59 Å². The van der Waals surface area contributed by atoms with Gasteiger partial charge in [-0.05, 0) is 19.1 Å². The zero-order chi connectivity index (χ0) is 17.7. The standard InChI is InChI=1S/C16H19N3O4S/c1-3-17(2)16(21)14-10-24-11-18(14)15(20)9-8-12-6-4-5-7-13(12)19(22)23/h4-9,14H,3,10-11H2,1-2H3/b9-8-/t14-/m0/s1. The van der Waals surface area contributed by atoms with Crippen LogP contribution >= 0.6 is 11.8 Å². The van der Waals surface area contributed by atoms with Gasteiger partial charge in [-0.2, -0.15) is 0 Å². The van der Waals surface area contributed by atoms with Crippen molar-refractivity contribution in [3.8, 4) is 0 Å². The van der Waals surface area contributed by atoms with Gasteiger partial charge in [-0.15, -0.1) is 11.8 Å². The molecular weight excluding hydrogens is 330 g/mol. The Hall–Kier alpha value is -2.35.